The maximum atomic E-state index is 13.1. The zero-order valence-electron chi connectivity index (χ0n) is 9.67. The summed E-state index contributed by atoms with van der Waals surface area (Å²) in [6.45, 7) is 0. The average molecular weight is 340 g/mol. The molecular weight excluding hydrogens is 325 g/mol. The minimum atomic E-state index is -2.56. The maximum Gasteiger partial charge on any atom is 0.248 e. The zero-order valence-corrected chi connectivity index (χ0v) is 12.0. The topological polar surface area (TPSA) is 20.2 Å². The van der Waals surface area contributed by atoms with Gasteiger partial charge in [-0.05, 0) is 42.5 Å². The highest BCUT2D eigenvalue weighted by Crippen LogP contribution is 2.42. The third-order valence-corrected chi connectivity index (χ3v) is 4.01. The summed E-state index contributed by atoms with van der Waals surface area (Å²) in [6.07, 6.45) is -0.0808. The molecule has 1 saturated carbocycles. The smallest absolute Gasteiger partial charge is 0.248 e. The van der Waals surface area contributed by atoms with E-state index in [1.807, 2.05) is 0 Å². The first-order valence-corrected chi connectivity index (χ1v) is 7.05. The molecule has 0 bridgehead atoms. The molecule has 0 saturated heterocycles. The summed E-state index contributed by atoms with van der Waals surface area (Å²) in [6, 6.07) is 5.16. The van der Waals surface area contributed by atoms with Crippen LogP contribution in [0.2, 0.25) is 5.02 Å². The Bertz CT molecular complexity index is 419. The van der Waals surface area contributed by atoms with E-state index in [0.29, 0.717) is 23.4 Å². The molecule has 1 aliphatic rings. The minimum absolute atomic E-state index is 0.0658. The fourth-order valence-electron chi connectivity index (χ4n) is 2.46. The molecule has 0 aliphatic heterocycles. The van der Waals surface area contributed by atoms with Crippen LogP contribution in [-0.2, 0) is 0 Å². The second-order valence-corrected chi connectivity index (χ2v) is 6.27. The molecule has 0 amide bonds. The van der Waals surface area contributed by atoms with Crippen molar-refractivity contribution < 1.29 is 13.9 Å². The summed E-state index contributed by atoms with van der Waals surface area (Å²) in [5, 5.41) is 10.6. The molecule has 18 heavy (non-hydrogen) atoms. The highest BCUT2D eigenvalue weighted by Gasteiger charge is 2.39. The maximum absolute atomic E-state index is 13.1. The van der Waals surface area contributed by atoms with Gasteiger partial charge in [0.25, 0.3) is 0 Å². The predicted molar refractivity (Wildman–Crippen MR) is 71.0 cm³/mol. The molecule has 1 aromatic carbocycles. The summed E-state index contributed by atoms with van der Waals surface area (Å²) in [5.74, 6) is -2.67. The first-order valence-electron chi connectivity index (χ1n) is 5.87. The van der Waals surface area contributed by atoms with Crippen LogP contribution in [0.5, 0.6) is 0 Å². The Morgan fingerprint density at radius 3 is 2.72 bits per heavy atom. The Kier molecular flexibility index (Phi) is 4.29. The van der Waals surface area contributed by atoms with Crippen molar-refractivity contribution in [3.63, 3.8) is 0 Å². The lowest BCUT2D eigenvalue weighted by atomic mass is 9.95. The quantitative estimate of drug-likeness (QED) is 0.825. The number of rotatable bonds is 3. The van der Waals surface area contributed by atoms with Crippen molar-refractivity contribution in [1.29, 1.82) is 0 Å². The van der Waals surface area contributed by atoms with Gasteiger partial charge >= 0.3 is 0 Å². The second-order valence-electron chi connectivity index (χ2n) is 4.92. The van der Waals surface area contributed by atoms with E-state index in [1.54, 1.807) is 18.2 Å². The molecule has 1 nitrogen and oxygen atoms in total. The van der Waals surface area contributed by atoms with Gasteiger partial charge in [-0.2, -0.15) is 0 Å². The molecule has 1 aromatic rings. The SMILES string of the molecule is OC(CC1CCC(F)(F)C1)c1cc(Cl)cc(Br)c1. The van der Waals surface area contributed by atoms with Gasteiger partial charge in [0.05, 0.1) is 6.10 Å². The Labute approximate surface area is 118 Å². The average Bonchev–Trinajstić information content (AvgIpc) is 2.56. The highest BCUT2D eigenvalue weighted by molar-refractivity contribution is 9.10. The summed E-state index contributed by atoms with van der Waals surface area (Å²) in [5.41, 5.74) is 0.671. The first-order chi connectivity index (χ1) is 8.35. The number of hydrogen-bond donors (Lipinski definition) is 1. The van der Waals surface area contributed by atoms with Crippen molar-refractivity contribution in [1.82, 2.24) is 0 Å². The molecule has 0 heterocycles. The third kappa shape index (κ3) is 3.65. The van der Waals surface area contributed by atoms with Crippen molar-refractivity contribution >= 4 is 27.5 Å². The summed E-state index contributed by atoms with van der Waals surface area (Å²) >= 11 is 9.19. The van der Waals surface area contributed by atoms with E-state index in [1.165, 1.54) is 0 Å². The summed E-state index contributed by atoms with van der Waals surface area (Å²) in [4.78, 5) is 0. The van der Waals surface area contributed by atoms with Gasteiger partial charge < -0.3 is 5.11 Å². The van der Waals surface area contributed by atoms with Crippen molar-refractivity contribution in [3.05, 3.63) is 33.3 Å². The standard InChI is InChI=1S/C13H14BrClF2O/c14-10-4-9(5-11(15)6-10)12(18)3-8-1-2-13(16,17)7-8/h4-6,8,12,18H,1-3,7H2. The second kappa shape index (κ2) is 5.43. The Balaban J connectivity index is 2.01. The van der Waals surface area contributed by atoms with E-state index in [2.05, 4.69) is 15.9 Å². The molecular formula is C13H14BrClF2O. The Morgan fingerprint density at radius 1 is 1.44 bits per heavy atom. The molecule has 2 unspecified atom stereocenters. The lowest BCUT2D eigenvalue weighted by molar-refractivity contribution is 0.00254. The number of benzene rings is 1. The van der Waals surface area contributed by atoms with Crippen molar-refractivity contribution in [2.75, 3.05) is 0 Å². The number of alkyl halides is 2. The summed E-state index contributed by atoms with van der Waals surface area (Å²) in [7, 11) is 0. The van der Waals surface area contributed by atoms with Gasteiger partial charge in [-0.3, -0.25) is 0 Å². The van der Waals surface area contributed by atoms with E-state index in [4.69, 9.17) is 11.6 Å². The van der Waals surface area contributed by atoms with E-state index < -0.39 is 12.0 Å². The van der Waals surface area contributed by atoms with Gasteiger partial charge in [0.1, 0.15) is 0 Å². The van der Waals surface area contributed by atoms with E-state index >= 15 is 0 Å². The van der Waals surface area contributed by atoms with Crippen LogP contribution < -0.4 is 0 Å². The number of aliphatic hydroxyl groups excluding tert-OH is 1. The molecule has 2 atom stereocenters. The zero-order chi connectivity index (χ0) is 13.3. The molecule has 5 heteroatoms. The van der Waals surface area contributed by atoms with Crippen LogP contribution in [0, 0.1) is 5.92 Å². The van der Waals surface area contributed by atoms with Crippen molar-refractivity contribution in [3.8, 4) is 0 Å². The number of hydrogen-bond acceptors (Lipinski definition) is 1. The van der Waals surface area contributed by atoms with Gasteiger partial charge in [0.2, 0.25) is 5.92 Å². The minimum Gasteiger partial charge on any atom is -0.388 e. The summed E-state index contributed by atoms with van der Waals surface area (Å²) < 4.78 is 26.9. The molecule has 1 N–H and O–H groups in total. The number of halogens is 4. The van der Waals surface area contributed by atoms with E-state index in [0.717, 1.165) is 4.47 Å². The number of aliphatic hydroxyl groups is 1. The third-order valence-electron chi connectivity index (χ3n) is 3.33. The highest BCUT2D eigenvalue weighted by atomic mass is 79.9. The molecule has 0 spiro atoms. The normalized spacial score (nSPS) is 24.2. The van der Waals surface area contributed by atoms with Crippen LogP contribution in [0.25, 0.3) is 0 Å². The van der Waals surface area contributed by atoms with Crippen LogP contribution in [0.15, 0.2) is 22.7 Å². The van der Waals surface area contributed by atoms with Crippen LogP contribution in [0.4, 0.5) is 8.78 Å². The van der Waals surface area contributed by atoms with E-state index in [9.17, 15) is 13.9 Å². The lowest BCUT2D eigenvalue weighted by Gasteiger charge is -2.16. The molecule has 1 aliphatic carbocycles. The molecule has 100 valence electrons. The largest absolute Gasteiger partial charge is 0.388 e. The molecule has 1 fully saturated rings. The van der Waals surface area contributed by atoms with Gasteiger partial charge in [-0.1, -0.05) is 27.5 Å². The Hall–Kier alpha value is -0.190. The van der Waals surface area contributed by atoms with Gasteiger partial charge in [-0.25, -0.2) is 8.78 Å². The van der Waals surface area contributed by atoms with Crippen molar-refractivity contribution in [2.24, 2.45) is 5.92 Å². The van der Waals surface area contributed by atoms with Crippen LogP contribution >= 0.6 is 27.5 Å². The van der Waals surface area contributed by atoms with Crippen molar-refractivity contribution in [2.45, 2.75) is 37.7 Å². The van der Waals surface area contributed by atoms with Gasteiger partial charge in [0.15, 0.2) is 0 Å². The van der Waals surface area contributed by atoms with Gasteiger partial charge in [-0.15, -0.1) is 0 Å². The van der Waals surface area contributed by atoms with Gasteiger partial charge in [0, 0.05) is 22.3 Å². The monoisotopic (exact) mass is 338 g/mol. The lowest BCUT2D eigenvalue weighted by Crippen LogP contribution is -2.11. The van der Waals surface area contributed by atoms with Crippen LogP contribution in [-0.4, -0.2) is 11.0 Å². The molecule has 0 aromatic heterocycles. The van der Waals surface area contributed by atoms with Crippen LogP contribution in [0.3, 0.4) is 0 Å². The fourth-order valence-corrected chi connectivity index (χ4v) is 3.35. The molecule has 0 radical (unpaired) electrons. The molecule has 2 rings (SSSR count). The van der Waals surface area contributed by atoms with E-state index in [-0.39, 0.29) is 18.8 Å². The van der Waals surface area contributed by atoms with Crippen LogP contribution in [0.1, 0.15) is 37.4 Å². The fraction of sp³-hybridized carbons (Fsp3) is 0.538. The Morgan fingerprint density at radius 2 is 2.17 bits per heavy atom. The first kappa shape index (κ1) is 14.2. The predicted octanol–water partition coefficient (Wildman–Crippen LogP) is 4.96.